The van der Waals surface area contributed by atoms with Crippen LogP contribution in [-0.2, 0) is 55.6 Å². The molecule has 100 heavy (non-hydrogen) atoms. The summed E-state index contributed by atoms with van der Waals surface area (Å²) >= 11 is 0. The van der Waals surface area contributed by atoms with E-state index in [2.05, 4.69) is 203 Å². The van der Waals surface area contributed by atoms with Crippen LogP contribution in [0.4, 0.5) is 0 Å². The Hall–Kier alpha value is -7.54. The van der Waals surface area contributed by atoms with Gasteiger partial charge in [-0.25, -0.2) is 21.5 Å². The number of fused-ring (bicyclic) bond motifs is 5. The minimum atomic E-state index is -2.12. The Bertz CT molecular complexity index is 5380. The highest BCUT2D eigenvalue weighted by atomic mass is 32.2. The number of aryl methyl sites for hydroxylation is 3. The Morgan fingerprint density at radius 1 is 0.420 bits per heavy atom. The molecule has 5 aromatic heterocycles. The lowest BCUT2D eigenvalue weighted by molar-refractivity contribution is 0.335. The zero-order valence-electron chi connectivity index (χ0n) is 59.6. The highest BCUT2D eigenvalue weighted by molar-refractivity contribution is 7.98. The maximum Gasteiger partial charge on any atom is 0.128 e. The lowest BCUT2D eigenvalue weighted by Gasteiger charge is -2.32. The summed E-state index contributed by atoms with van der Waals surface area (Å²) in [7, 11) is -6.64. The molecule has 5 aliphatic rings. The number of aromatic nitrogens is 5. The number of nitrogens with one attached hydrogen (secondary N) is 4. The van der Waals surface area contributed by atoms with Gasteiger partial charge in [0.15, 0.2) is 0 Å². The first-order chi connectivity index (χ1) is 47.4. The number of piperidine rings is 1. The van der Waals surface area contributed by atoms with Crippen LogP contribution in [0.2, 0.25) is 0 Å². The van der Waals surface area contributed by atoms with Crippen LogP contribution in [0.5, 0.6) is 5.75 Å². The Labute approximate surface area is 594 Å². The third-order valence-corrected chi connectivity index (χ3v) is 26.9. The molecule has 10 aromatic rings. The van der Waals surface area contributed by atoms with Crippen LogP contribution in [0.3, 0.4) is 0 Å². The average Bonchev–Trinajstić information content (AvgIpc) is 1.64. The molecule has 5 unspecified atom stereocenters. The normalized spacial score (nSPS) is 20.0. The summed E-state index contributed by atoms with van der Waals surface area (Å²) in [5.74, 6) is 20.3. The fraction of sp³-hybridized carbons (Fsp3) is 0.329. The molecule has 0 saturated carbocycles. The molecule has 21 heteroatoms. The number of methoxy groups -OCH3 is 1. The third kappa shape index (κ3) is 17.3. The molecule has 0 bridgehead atoms. The molecular weight excluding hydrogens is 1350 g/mol. The zero-order chi connectivity index (χ0) is 71.5. The molecule has 4 N–H and O–H groups in total. The number of benzene rings is 5. The predicted octanol–water partition coefficient (Wildman–Crippen LogP) is 13.3. The van der Waals surface area contributed by atoms with Crippen LogP contribution in [0.15, 0.2) is 158 Å². The first-order valence-electron chi connectivity index (χ1n) is 34.0. The minimum absolute atomic E-state index is 0.560. The highest BCUT2D eigenvalue weighted by Gasteiger charge is 2.27. The van der Waals surface area contributed by atoms with Gasteiger partial charge in [-0.1, -0.05) is 91.0 Å². The molecule has 0 radical (unpaired) electrons. The van der Waals surface area contributed by atoms with Gasteiger partial charge in [0.25, 0.3) is 0 Å². The van der Waals surface area contributed by atoms with Crippen LogP contribution in [0.25, 0.3) is 76.8 Å². The zero-order valence-corrected chi connectivity index (χ0v) is 63.7. The Kier molecular flexibility index (Phi) is 22.5. The summed E-state index contributed by atoms with van der Waals surface area (Å²) in [6, 6.07) is 35.9. The number of H-pyrrole nitrogens is 4. The molecule has 532 valence electrons. The number of para-hydroxylation sites is 2. The summed E-state index contributed by atoms with van der Waals surface area (Å²) in [5.41, 5.74) is 20.1. The van der Waals surface area contributed by atoms with Gasteiger partial charge in [0.05, 0.1) is 7.11 Å². The third-order valence-electron chi connectivity index (χ3n) is 19.8. The standard InChI is InChI=1S/C16H20N2O2S.C16H22N2OS.2C16H20N2OS.C15H18N2OS/c1-20-15-6-4-5-14-16(15)13(11-17-14)12-7-9-18(10-8-12)21(2,3)19;2*1-12-4-5-14-15(11-17-16(14)10-12)13-6-8-18(9-7-13)20(2,3)19;1-17-12-15(14-6-4-5-7-16(14)17)13-8-10-18(11-9-13)20(2,3)19;1-19(2,18)17-9-7-12(8-10-17)14-11-16-15-6-4-3-5-13(14)15/h4-7,11,17H,2,8-10H2,1,3H3;4-5,10-11,13,17H,2,6-9H2,1,3H3;4-6,10-11,17H,2,7-9H2,1,3H3;4-8,12H,2,9-11H2,1,3H3;3-7,11,16H,1,8-10H2,2H3. The molecule has 16 nitrogen and oxygen atoms in total. The van der Waals surface area contributed by atoms with Crippen LogP contribution < -0.4 is 4.74 Å². The van der Waals surface area contributed by atoms with Crippen molar-refractivity contribution >= 4 is 155 Å². The van der Waals surface area contributed by atoms with Crippen molar-refractivity contribution in [1.29, 1.82) is 0 Å². The number of rotatable bonds is 11. The van der Waals surface area contributed by atoms with E-state index in [1.807, 2.05) is 52.0 Å². The SMILES string of the molecule is C=S(C)(=O)N1CC=C(c2c[nH]c3cc(C)ccc23)CC1.C=S(C)(=O)N1CC=C(c2c[nH]c3cccc(OC)c23)CC1.C=S(C)(=O)N1CC=C(c2c[nH]c3ccccc23)CC1.C=S(C)(=O)N1CC=C(c2cn(C)c3ccccc23)CC1.C=S(C)(=O)N1CCC(c2c[nH]c3cc(C)ccc23)CC1. The summed E-state index contributed by atoms with van der Waals surface area (Å²) in [5, 5.41) is 6.27. The predicted molar refractivity (Wildman–Crippen MR) is 438 cm³/mol. The van der Waals surface area contributed by atoms with Crippen molar-refractivity contribution in [3.63, 3.8) is 0 Å². The van der Waals surface area contributed by atoms with Crippen LogP contribution in [-0.4, -0.2) is 200 Å². The summed E-state index contributed by atoms with van der Waals surface area (Å²) in [4.78, 5) is 13.3. The van der Waals surface area contributed by atoms with Gasteiger partial charge in [-0.15, -0.1) is 0 Å². The van der Waals surface area contributed by atoms with Gasteiger partial charge in [0.2, 0.25) is 0 Å². The van der Waals surface area contributed by atoms with Gasteiger partial charge in [-0.05, 0) is 163 Å². The molecule has 5 atom stereocenters. The second-order valence-electron chi connectivity index (χ2n) is 27.5. The highest BCUT2D eigenvalue weighted by Crippen LogP contribution is 2.38. The number of aromatic amines is 4. The number of ether oxygens (including phenoxy) is 1. The average molecular weight is 1450 g/mol. The van der Waals surface area contributed by atoms with Crippen LogP contribution in [0.1, 0.15) is 83.4 Å². The maximum atomic E-state index is 12.0. The second-order valence-corrected chi connectivity index (χ2v) is 39.7. The topological polar surface area (TPSA) is 179 Å². The monoisotopic (exact) mass is 1440 g/mol. The Morgan fingerprint density at radius 2 is 0.820 bits per heavy atom. The lowest BCUT2D eigenvalue weighted by Crippen LogP contribution is -2.36. The second kappa shape index (κ2) is 30.6. The first-order valence-corrected chi connectivity index (χ1v) is 44.4. The summed E-state index contributed by atoms with van der Waals surface area (Å²) in [6.45, 7) is 12.0. The molecular formula is C79H100N10O6S5. The van der Waals surface area contributed by atoms with E-state index in [1.54, 1.807) is 38.4 Å². The summed E-state index contributed by atoms with van der Waals surface area (Å²) < 4.78 is 77.3. The van der Waals surface area contributed by atoms with Crippen molar-refractivity contribution in [2.75, 3.05) is 104 Å². The van der Waals surface area contributed by atoms with E-state index in [9.17, 15) is 21.0 Å². The molecule has 0 amide bonds. The van der Waals surface area contributed by atoms with E-state index in [-0.39, 0.29) is 0 Å². The van der Waals surface area contributed by atoms with E-state index in [1.165, 1.54) is 99.3 Å². The fourth-order valence-electron chi connectivity index (χ4n) is 14.2. The molecule has 5 aliphatic heterocycles. The van der Waals surface area contributed by atoms with Gasteiger partial charge in [-0.3, -0.25) is 21.0 Å². The molecule has 1 saturated heterocycles. The van der Waals surface area contributed by atoms with E-state index >= 15 is 0 Å². The van der Waals surface area contributed by atoms with Crippen molar-refractivity contribution in [2.45, 2.75) is 58.3 Å². The smallest absolute Gasteiger partial charge is 0.128 e. The first kappa shape index (κ1) is 73.7. The van der Waals surface area contributed by atoms with Crippen molar-refractivity contribution < 1.29 is 25.8 Å². The van der Waals surface area contributed by atoms with Crippen molar-refractivity contribution in [1.82, 2.24) is 46.0 Å². The van der Waals surface area contributed by atoms with Gasteiger partial charge < -0.3 is 29.2 Å². The van der Waals surface area contributed by atoms with Crippen LogP contribution >= 0.6 is 0 Å². The Morgan fingerprint density at radius 3 is 1.31 bits per heavy atom. The van der Waals surface area contributed by atoms with E-state index < -0.39 is 48.5 Å². The van der Waals surface area contributed by atoms with Crippen molar-refractivity contribution in [3.05, 3.63) is 197 Å². The maximum absolute atomic E-state index is 12.0. The number of hydrogen-bond donors (Lipinski definition) is 4. The van der Waals surface area contributed by atoms with Crippen molar-refractivity contribution in [2.24, 2.45) is 7.05 Å². The van der Waals surface area contributed by atoms with Crippen molar-refractivity contribution in [3.8, 4) is 5.75 Å². The lowest BCUT2D eigenvalue weighted by atomic mass is 9.90. The molecule has 0 spiro atoms. The van der Waals surface area contributed by atoms with Gasteiger partial charge >= 0.3 is 0 Å². The fourth-order valence-corrected chi connectivity index (χ4v) is 18.6. The van der Waals surface area contributed by atoms with Crippen LogP contribution in [0, 0.1) is 13.8 Å². The van der Waals surface area contributed by atoms with E-state index in [4.69, 9.17) is 4.74 Å². The molecule has 5 aromatic carbocycles. The number of nitrogens with zero attached hydrogens (tertiary/aromatic N) is 6. The van der Waals surface area contributed by atoms with Gasteiger partial charge in [0, 0.05) is 260 Å². The number of hydrogen-bond acceptors (Lipinski definition) is 6. The minimum Gasteiger partial charge on any atom is -0.496 e. The van der Waals surface area contributed by atoms with Gasteiger partial charge in [0.1, 0.15) is 5.75 Å². The van der Waals surface area contributed by atoms with Gasteiger partial charge in [-0.2, -0.15) is 0 Å². The molecule has 10 heterocycles. The molecule has 15 rings (SSSR count). The summed E-state index contributed by atoms with van der Waals surface area (Å²) in [6.07, 6.45) is 33.5. The Balaban J connectivity index is 0.000000126. The largest absolute Gasteiger partial charge is 0.496 e. The quantitative estimate of drug-likeness (QED) is 0.0936. The molecule has 1 fully saturated rings. The van der Waals surface area contributed by atoms with E-state index in [0.29, 0.717) is 25.6 Å². The molecule has 0 aliphatic carbocycles. The van der Waals surface area contributed by atoms with E-state index in [0.717, 1.165) is 107 Å².